The normalized spacial score (nSPS) is 16.5. The maximum Gasteiger partial charge on any atom is 0.415 e. The Balaban J connectivity index is 1.11. The summed E-state index contributed by atoms with van der Waals surface area (Å²) in [6.45, 7) is 3.24. The second-order valence-electron chi connectivity index (χ2n) is 9.81. The van der Waals surface area contributed by atoms with Crippen molar-refractivity contribution in [2.75, 3.05) is 57.2 Å². The maximum atomic E-state index is 12.5. The van der Waals surface area contributed by atoms with Crippen LogP contribution in [0.1, 0.15) is 12.0 Å². The fourth-order valence-corrected chi connectivity index (χ4v) is 4.43. The SMILES string of the molecule is CN(C)CCOc1cccc(-c2cccc(CNCCC3CN(c4ccc5c(n4)NC(=O)CO5)C(=O)O3)c2)c1. The highest BCUT2D eigenvalue weighted by Crippen LogP contribution is 2.30. The van der Waals surface area contributed by atoms with Crippen molar-refractivity contribution < 1.29 is 23.8 Å². The number of aromatic nitrogens is 1. The number of rotatable bonds is 11. The number of nitrogens with zero attached hydrogens (tertiary/aromatic N) is 3. The van der Waals surface area contributed by atoms with E-state index in [0.29, 0.717) is 50.0 Å². The number of fused-ring (bicyclic) bond motifs is 1. The Labute approximate surface area is 227 Å². The zero-order valence-corrected chi connectivity index (χ0v) is 22.2. The van der Waals surface area contributed by atoms with Crippen LogP contribution in [0.5, 0.6) is 11.5 Å². The number of hydrogen-bond donors (Lipinski definition) is 2. The summed E-state index contributed by atoms with van der Waals surface area (Å²) in [6.07, 6.45) is -0.0367. The lowest BCUT2D eigenvalue weighted by Crippen LogP contribution is -2.29. The number of anilines is 2. The molecule has 2 aliphatic heterocycles. The van der Waals surface area contributed by atoms with Crippen LogP contribution in [0.2, 0.25) is 0 Å². The third-order valence-electron chi connectivity index (χ3n) is 6.48. The molecule has 0 aliphatic carbocycles. The minimum atomic E-state index is -0.448. The van der Waals surface area contributed by atoms with E-state index in [1.165, 1.54) is 10.5 Å². The number of nitrogens with one attached hydrogen (secondary N) is 2. The number of hydrogen-bond acceptors (Lipinski definition) is 8. The molecule has 5 rings (SSSR count). The number of ether oxygens (including phenoxy) is 3. The highest BCUT2D eigenvalue weighted by Gasteiger charge is 2.33. The van der Waals surface area contributed by atoms with Crippen molar-refractivity contribution in [3.8, 4) is 22.6 Å². The molecule has 204 valence electrons. The summed E-state index contributed by atoms with van der Waals surface area (Å²) >= 11 is 0. The third kappa shape index (κ3) is 6.84. The number of benzene rings is 2. The van der Waals surface area contributed by atoms with Crippen LogP contribution in [-0.4, -0.2) is 74.9 Å². The van der Waals surface area contributed by atoms with Gasteiger partial charge in [0, 0.05) is 13.1 Å². The van der Waals surface area contributed by atoms with Gasteiger partial charge in [0.1, 0.15) is 24.3 Å². The Hall–Kier alpha value is -4.15. The van der Waals surface area contributed by atoms with Crippen molar-refractivity contribution in [2.24, 2.45) is 0 Å². The van der Waals surface area contributed by atoms with Crippen molar-refractivity contribution in [1.29, 1.82) is 0 Å². The van der Waals surface area contributed by atoms with Gasteiger partial charge in [-0.05, 0) is 74.1 Å². The van der Waals surface area contributed by atoms with Crippen molar-refractivity contribution >= 4 is 23.6 Å². The largest absolute Gasteiger partial charge is 0.492 e. The summed E-state index contributed by atoms with van der Waals surface area (Å²) in [6, 6.07) is 20.0. The van der Waals surface area contributed by atoms with E-state index in [1.54, 1.807) is 12.1 Å². The first-order chi connectivity index (χ1) is 18.9. The smallest absolute Gasteiger partial charge is 0.415 e. The lowest BCUT2D eigenvalue weighted by Gasteiger charge is -2.19. The summed E-state index contributed by atoms with van der Waals surface area (Å²) in [5.74, 6) is 1.80. The predicted molar refractivity (Wildman–Crippen MR) is 148 cm³/mol. The van der Waals surface area contributed by atoms with E-state index in [0.717, 1.165) is 23.4 Å². The molecular weight excluding hydrogens is 498 g/mol. The Morgan fingerprint density at radius 2 is 1.92 bits per heavy atom. The molecule has 3 heterocycles. The van der Waals surface area contributed by atoms with Crippen molar-refractivity contribution in [1.82, 2.24) is 15.2 Å². The number of amides is 2. The van der Waals surface area contributed by atoms with Gasteiger partial charge in [0.2, 0.25) is 0 Å². The molecule has 10 nitrogen and oxygen atoms in total. The Morgan fingerprint density at radius 3 is 2.77 bits per heavy atom. The molecule has 2 aromatic carbocycles. The third-order valence-corrected chi connectivity index (χ3v) is 6.48. The van der Waals surface area contributed by atoms with E-state index >= 15 is 0 Å². The molecular formula is C29H33N5O5. The van der Waals surface area contributed by atoms with E-state index in [1.807, 2.05) is 26.2 Å². The summed E-state index contributed by atoms with van der Waals surface area (Å²) < 4.78 is 16.8. The lowest BCUT2D eigenvalue weighted by molar-refractivity contribution is -0.118. The molecule has 2 N–H and O–H groups in total. The van der Waals surface area contributed by atoms with Gasteiger partial charge in [0.05, 0.1) is 6.54 Å². The molecule has 1 saturated heterocycles. The van der Waals surface area contributed by atoms with Gasteiger partial charge in [-0.3, -0.25) is 9.69 Å². The standard InChI is InChI=1S/C29H33N5O5/c1-33(2)13-14-37-23-8-4-7-22(16-23)21-6-3-5-20(15-21)17-30-12-11-24-18-34(29(36)39-24)26-10-9-25-28(31-26)32-27(35)19-38-25/h3-10,15-16,24,30H,11-14,17-19H2,1-2H3,(H,31,32,35). The van der Waals surface area contributed by atoms with Crippen LogP contribution in [0.4, 0.5) is 16.4 Å². The van der Waals surface area contributed by atoms with Crippen molar-refractivity contribution in [2.45, 2.75) is 19.1 Å². The van der Waals surface area contributed by atoms with Gasteiger partial charge >= 0.3 is 6.09 Å². The number of carbonyl (C=O) groups is 2. The first kappa shape index (κ1) is 26.5. The van der Waals surface area contributed by atoms with Gasteiger partial charge < -0.3 is 29.7 Å². The molecule has 10 heteroatoms. The first-order valence-electron chi connectivity index (χ1n) is 13.0. The first-order valence-corrected chi connectivity index (χ1v) is 13.0. The van der Waals surface area contributed by atoms with Crippen LogP contribution in [0, 0.1) is 0 Å². The molecule has 1 fully saturated rings. The fraction of sp³-hybridized carbons (Fsp3) is 0.345. The predicted octanol–water partition coefficient (Wildman–Crippen LogP) is 3.53. The molecule has 0 spiro atoms. The minimum Gasteiger partial charge on any atom is -0.492 e. The Kier molecular flexibility index (Phi) is 8.24. The van der Waals surface area contributed by atoms with E-state index in [2.05, 4.69) is 56.9 Å². The summed E-state index contributed by atoms with van der Waals surface area (Å²) in [5.41, 5.74) is 3.41. The van der Waals surface area contributed by atoms with E-state index < -0.39 is 6.09 Å². The van der Waals surface area contributed by atoms with Crippen molar-refractivity contribution in [3.05, 3.63) is 66.2 Å². The molecule has 3 aromatic rings. The zero-order valence-electron chi connectivity index (χ0n) is 22.2. The average Bonchev–Trinajstić information content (AvgIpc) is 3.31. The molecule has 0 saturated carbocycles. The molecule has 2 aliphatic rings. The fourth-order valence-electron chi connectivity index (χ4n) is 4.43. The molecule has 0 radical (unpaired) electrons. The summed E-state index contributed by atoms with van der Waals surface area (Å²) in [5, 5.41) is 6.12. The van der Waals surface area contributed by atoms with Gasteiger partial charge in [0.15, 0.2) is 18.2 Å². The van der Waals surface area contributed by atoms with Crippen LogP contribution < -0.4 is 25.0 Å². The van der Waals surface area contributed by atoms with E-state index in [9.17, 15) is 9.59 Å². The van der Waals surface area contributed by atoms with Crippen LogP contribution >= 0.6 is 0 Å². The highest BCUT2D eigenvalue weighted by molar-refractivity contribution is 5.95. The molecule has 2 amide bonds. The van der Waals surface area contributed by atoms with Gasteiger partial charge in [-0.15, -0.1) is 0 Å². The molecule has 0 bridgehead atoms. The summed E-state index contributed by atoms with van der Waals surface area (Å²) in [4.78, 5) is 32.0. The number of cyclic esters (lactones) is 1. The second-order valence-corrected chi connectivity index (χ2v) is 9.81. The van der Waals surface area contributed by atoms with Crippen molar-refractivity contribution in [3.63, 3.8) is 0 Å². The van der Waals surface area contributed by atoms with Crippen LogP contribution in [0.25, 0.3) is 11.1 Å². The molecule has 1 atom stereocenters. The zero-order chi connectivity index (χ0) is 27.2. The van der Waals surface area contributed by atoms with Crippen LogP contribution in [-0.2, 0) is 16.1 Å². The van der Waals surface area contributed by atoms with Crippen LogP contribution in [0.15, 0.2) is 60.7 Å². The van der Waals surface area contributed by atoms with Gasteiger partial charge in [-0.25, -0.2) is 9.78 Å². The maximum absolute atomic E-state index is 12.5. The van der Waals surface area contributed by atoms with Gasteiger partial charge in [-0.2, -0.15) is 0 Å². The van der Waals surface area contributed by atoms with E-state index in [4.69, 9.17) is 14.2 Å². The monoisotopic (exact) mass is 531 g/mol. The van der Waals surface area contributed by atoms with Crippen LogP contribution in [0.3, 0.4) is 0 Å². The van der Waals surface area contributed by atoms with Gasteiger partial charge in [0.25, 0.3) is 5.91 Å². The van der Waals surface area contributed by atoms with E-state index in [-0.39, 0.29) is 18.6 Å². The molecule has 39 heavy (non-hydrogen) atoms. The molecule has 1 unspecified atom stereocenters. The number of pyridine rings is 1. The minimum absolute atomic E-state index is 0.0431. The highest BCUT2D eigenvalue weighted by atomic mass is 16.6. The average molecular weight is 532 g/mol. The number of likely N-dealkylation sites (N-methyl/N-ethyl adjacent to an activating group) is 1. The molecule has 1 aromatic heterocycles. The lowest BCUT2D eigenvalue weighted by atomic mass is 10.0. The van der Waals surface area contributed by atoms with Gasteiger partial charge in [-0.1, -0.05) is 30.3 Å². The number of carbonyl (C=O) groups excluding carboxylic acids is 2. The quantitative estimate of drug-likeness (QED) is 0.362. The second kappa shape index (κ2) is 12.1. The topological polar surface area (TPSA) is 105 Å². The summed E-state index contributed by atoms with van der Waals surface area (Å²) in [7, 11) is 4.06. The Bertz CT molecular complexity index is 1330. The Morgan fingerprint density at radius 1 is 1.10 bits per heavy atom.